The van der Waals surface area contributed by atoms with Crippen molar-refractivity contribution in [3.05, 3.63) is 110 Å². The summed E-state index contributed by atoms with van der Waals surface area (Å²) in [6.45, 7) is 8.20. The number of hydrogen-bond donors (Lipinski definition) is 1. The van der Waals surface area contributed by atoms with Gasteiger partial charge in [0.2, 0.25) is 0 Å². The van der Waals surface area contributed by atoms with Crippen LogP contribution in [-0.4, -0.2) is 31.1 Å². The highest BCUT2D eigenvalue weighted by Crippen LogP contribution is 2.36. The molecule has 44 heavy (non-hydrogen) atoms. The zero-order valence-electron chi connectivity index (χ0n) is 25.3. The Balaban J connectivity index is 1.38. The number of aromatic amines is 1. The van der Waals surface area contributed by atoms with E-state index in [0.29, 0.717) is 47.7 Å². The van der Waals surface area contributed by atoms with Crippen molar-refractivity contribution in [1.29, 1.82) is 0 Å². The van der Waals surface area contributed by atoms with Gasteiger partial charge in [-0.05, 0) is 61.1 Å². The van der Waals surface area contributed by atoms with Crippen LogP contribution in [-0.2, 0) is 19.4 Å². The molecule has 0 aliphatic carbocycles. The fourth-order valence-corrected chi connectivity index (χ4v) is 5.84. The molecular formula is C35H34N4O5. The summed E-state index contributed by atoms with van der Waals surface area (Å²) >= 11 is 0. The van der Waals surface area contributed by atoms with E-state index in [0.717, 1.165) is 40.2 Å². The number of nitrogens with one attached hydrogen (secondary N) is 1. The zero-order chi connectivity index (χ0) is 31.0. The van der Waals surface area contributed by atoms with Gasteiger partial charge >= 0.3 is 5.76 Å². The van der Waals surface area contributed by atoms with Crippen LogP contribution < -0.4 is 16.1 Å². The third-order valence-electron chi connectivity index (χ3n) is 7.90. The largest absolute Gasteiger partial charge is 0.487 e. The second-order valence-electron chi connectivity index (χ2n) is 11.7. The molecule has 1 aliphatic rings. The first kappa shape index (κ1) is 29.0. The van der Waals surface area contributed by atoms with Crippen LogP contribution in [0.2, 0.25) is 0 Å². The van der Waals surface area contributed by atoms with Gasteiger partial charge in [-0.1, -0.05) is 73.6 Å². The molecule has 1 N–H and O–H groups in total. The van der Waals surface area contributed by atoms with Gasteiger partial charge in [-0.3, -0.25) is 23.7 Å². The number of carbonyl (C=O) groups is 1. The highest BCUT2D eigenvalue weighted by atomic mass is 16.5. The molecule has 0 saturated carbocycles. The first-order valence-electron chi connectivity index (χ1n) is 14.9. The van der Waals surface area contributed by atoms with E-state index in [2.05, 4.69) is 17.1 Å². The molecule has 0 atom stereocenters. The molecule has 5 aromatic rings. The van der Waals surface area contributed by atoms with Gasteiger partial charge in [-0.25, -0.2) is 9.78 Å². The van der Waals surface area contributed by atoms with Gasteiger partial charge in [-0.15, -0.1) is 0 Å². The smallest absolute Gasteiger partial charge is 0.439 e. The average Bonchev–Trinajstić information content (AvgIpc) is 3.44. The van der Waals surface area contributed by atoms with Crippen molar-refractivity contribution in [2.24, 2.45) is 0 Å². The number of hydrogen-bond acceptors (Lipinski definition) is 7. The lowest BCUT2D eigenvalue weighted by Crippen LogP contribution is -2.36. The molecule has 6 rings (SSSR count). The van der Waals surface area contributed by atoms with Gasteiger partial charge in [0.15, 0.2) is 11.6 Å². The number of benzene rings is 3. The molecule has 1 aliphatic heterocycles. The van der Waals surface area contributed by atoms with E-state index in [9.17, 15) is 14.4 Å². The first-order chi connectivity index (χ1) is 21.2. The Labute approximate surface area is 254 Å². The van der Waals surface area contributed by atoms with Crippen molar-refractivity contribution in [3.8, 4) is 39.4 Å². The minimum absolute atomic E-state index is 0.00334. The van der Waals surface area contributed by atoms with Crippen molar-refractivity contribution >= 4 is 5.78 Å². The lowest BCUT2D eigenvalue weighted by Gasteiger charge is -2.31. The number of ether oxygens (including phenoxy) is 1. The van der Waals surface area contributed by atoms with Crippen LogP contribution in [0.15, 0.2) is 80.8 Å². The molecule has 3 aromatic carbocycles. The molecule has 0 fully saturated rings. The molecule has 0 saturated heterocycles. The van der Waals surface area contributed by atoms with E-state index in [1.165, 1.54) is 0 Å². The summed E-state index contributed by atoms with van der Waals surface area (Å²) in [5.41, 5.74) is 5.20. The summed E-state index contributed by atoms with van der Waals surface area (Å²) in [5.74, 6) is 1.03. The topological polar surface area (TPSA) is 120 Å². The maximum absolute atomic E-state index is 14.3. The molecule has 0 radical (unpaired) electrons. The molecule has 0 bridgehead atoms. The molecular weight excluding hydrogens is 556 g/mol. The maximum Gasteiger partial charge on any atom is 0.439 e. The number of ketones is 1. The highest BCUT2D eigenvalue weighted by Gasteiger charge is 2.33. The number of nitrogens with zero attached hydrogens (tertiary/aromatic N) is 3. The second kappa shape index (κ2) is 11.6. The molecule has 9 heteroatoms. The zero-order valence-corrected chi connectivity index (χ0v) is 25.3. The Bertz CT molecular complexity index is 1980. The van der Waals surface area contributed by atoms with E-state index in [1.807, 2.05) is 75.4 Å². The van der Waals surface area contributed by atoms with Crippen LogP contribution in [0.5, 0.6) is 5.75 Å². The lowest BCUT2D eigenvalue weighted by atomic mass is 9.91. The maximum atomic E-state index is 14.3. The van der Waals surface area contributed by atoms with Crippen LogP contribution in [0.4, 0.5) is 0 Å². The summed E-state index contributed by atoms with van der Waals surface area (Å²) in [6, 6.07) is 21.0. The second-order valence-corrected chi connectivity index (χ2v) is 11.7. The van der Waals surface area contributed by atoms with Crippen molar-refractivity contribution in [3.63, 3.8) is 0 Å². The third kappa shape index (κ3) is 5.53. The third-order valence-corrected chi connectivity index (χ3v) is 7.90. The average molecular weight is 591 g/mol. The minimum atomic E-state index is -0.611. The van der Waals surface area contributed by atoms with Crippen LogP contribution in [0, 0.1) is 0 Å². The number of fused-ring (bicyclic) bond motifs is 1. The predicted molar refractivity (Wildman–Crippen MR) is 168 cm³/mol. The Kier molecular flexibility index (Phi) is 7.63. The van der Waals surface area contributed by atoms with E-state index < -0.39 is 11.4 Å². The fraction of sp³-hybridized carbons (Fsp3) is 0.286. The van der Waals surface area contributed by atoms with Crippen molar-refractivity contribution in [2.45, 2.75) is 65.5 Å². The van der Waals surface area contributed by atoms with Gasteiger partial charge in [0.05, 0.1) is 29.8 Å². The summed E-state index contributed by atoms with van der Waals surface area (Å²) in [6.07, 6.45) is 2.37. The van der Waals surface area contributed by atoms with Crippen LogP contribution >= 0.6 is 0 Å². The molecule has 0 spiro atoms. The number of carbonyl (C=O) groups excluding carboxylic acids is 1. The fourth-order valence-electron chi connectivity index (χ4n) is 5.84. The summed E-state index contributed by atoms with van der Waals surface area (Å²) in [4.78, 5) is 46.4. The van der Waals surface area contributed by atoms with Gasteiger partial charge in [0, 0.05) is 12.0 Å². The van der Waals surface area contributed by atoms with Crippen LogP contribution in [0.1, 0.15) is 68.0 Å². The molecule has 0 amide bonds. The number of H-pyrrole nitrogens is 1. The summed E-state index contributed by atoms with van der Waals surface area (Å²) in [7, 11) is 0. The van der Waals surface area contributed by atoms with Crippen molar-refractivity contribution in [2.75, 3.05) is 0 Å². The standard InChI is InChI=1S/C35H34N4O5/c1-5-9-30-36-27(6-2)31(23-16-17-29-26(18-23)28(40)19-35(3,4)43-29)33(41)39(30)20-21-12-14-22(15-13-21)24-10-7-8-11-25(24)32-37-34(42)44-38-32/h7-8,10-18H,5-6,9,19-20H2,1-4H3,(H,37,38,42). The Hall–Kier alpha value is -5.05. The molecule has 0 unspecified atom stereocenters. The monoisotopic (exact) mass is 590 g/mol. The van der Waals surface area contributed by atoms with Gasteiger partial charge in [-0.2, -0.15) is 0 Å². The minimum Gasteiger partial charge on any atom is -0.487 e. The number of rotatable bonds is 8. The van der Waals surface area contributed by atoms with Crippen molar-refractivity contribution in [1.82, 2.24) is 19.7 Å². The number of aromatic nitrogens is 4. The Morgan fingerprint density at radius 1 is 0.909 bits per heavy atom. The Morgan fingerprint density at radius 3 is 2.32 bits per heavy atom. The van der Waals surface area contributed by atoms with Gasteiger partial charge < -0.3 is 4.74 Å². The first-order valence-corrected chi connectivity index (χ1v) is 14.9. The quantitative estimate of drug-likeness (QED) is 0.228. The molecule has 9 nitrogen and oxygen atoms in total. The normalized spacial score (nSPS) is 13.9. The summed E-state index contributed by atoms with van der Waals surface area (Å²) in [5, 5.41) is 3.85. The van der Waals surface area contributed by atoms with Crippen LogP contribution in [0.3, 0.4) is 0 Å². The highest BCUT2D eigenvalue weighted by molar-refractivity contribution is 6.01. The number of Topliss-reactive ketones (excluding diaryl/α,β-unsaturated/α-hetero) is 1. The van der Waals surface area contributed by atoms with E-state index in [4.69, 9.17) is 14.2 Å². The van der Waals surface area contributed by atoms with E-state index in [-0.39, 0.29) is 17.8 Å². The van der Waals surface area contributed by atoms with E-state index >= 15 is 0 Å². The number of aryl methyl sites for hydroxylation is 2. The molecule has 224 valence electrons. The SMILES string of the molecule is CCCc1nc(CC)c(-c2ccc3c(c2)C(=O)CC(C)(C)O3)c(=O)n1Cc1ccc(-c2ccccc2-c2noc(=O)[nH]2)cc1. The van der Waals surface area contributed by atoms with Crippen molar-refractivity contribution < 1.29 is 14.1 Å². The Morgan fingerprint density at radius 2 is 1.64 bits per heavy atom. The van der Waals surface area contributed by atoms with Crippen LogP contribution in [0.25, 0.3) is 33.6 Å². The molecule has 3 heterocycles. The predicted octanol–water partition coefficient (Wildman–Crippen LogP) is 6.23. The van der Waals surface area contributed by atoms with Gasteiger partial charge in [0.25, 0.3) is 5.56 Å². The summed E-state index contributed by atoms with van der Waals surface area (Å²) < 4.78 is 12.5. The van der Waals surface area contributed by atoms with Gasteiger partial charge in [0.1, 0.15) is 17.2 Å². The molecule has 2 aromatic heterocycles. The van der Waals surface area contributed by atoms with E-state index in [1.54, 1.807) is 16.7 Å². The lowest BCUT2D eigenvalue weighted by molar-refractivity contribution is 0.0620.